The minimum atomic E-state index is 0. The van der Waals surface area contributed by atoms with E-state index in [0.29, 0.717) is 19.1 Å². The van der Waals surface area contributed by atoms with E-state index in [1.54, 1.807) is 7.11 Å². The topological polar surface area (TPSA) is 58.6 Å². The Kier molecular flexibility index (Phi) is 12.8. The van der Waals surface area contributed by atoms with Crippen LogP contribution in [0.3, 0.4) is 0 Å². The van der Waals surface area contributed by atoms with Gasteiger partial charge in [-0.1, -0.05) is 29.8 Å². The van der Waals surface area contributed by atoms with E-state index < -0.39 is 0 Å². The molecular formula is C24H41IN4O3. The van der Waals surface area contributed by atoms with Gasteiger partial charge < -0.3 is 24.4 Å². The van der Waals surface area contributed by atoms with Crippen molar-refractivity contribution >= 4 is 29.9 Å². The minimum Gasteiger partial charge on any atom is -0.382 e. The number of halogens is 1. The summed E-state index contributed by atoms with van der Waals surface area (Å²) in [5.74, 6) is 1.57. The van der Waals surface area contributed by atoms with Crippen LogP contribution >= 0.6 is 24.0 Å². The minimum absolute atomic E-state index is 0. The number of guanidine groups is 1. The maximum absolute atomic E-state index is 5.76. The fourth-order valence-electron chi connectivity index (χ4n) is 4.35. The molecule has 8 heteroatoms. The molecule has 0 radical (unpaired) electrons. The molecular weight excluding hydrogens is 519 g/mol. The summed E-state index contributed by atoms with van der Waals surface area (Å²) in [5, 5.41) is 3.51. The number of benzene rings is 1. The predicted molar refractivity (Wildman–Crippen MR) is 140 cm³/mol. The molecule has 2 heterocycles. The van der Waals surface area contributed by atoms with Crippen LogP contribution in [0.2, 0.25) is 0 Å². The second-order valence-corrected chi connectivity index (χ2v) is 8.44. The maximum Gasteiger partial charge on any atom is 0.193 e. The smallest absolute Gasteiger partial charge is 0.193 e. The van der Waals surface area contributed by atoms with Crippen molar-refractivity contribution in [2.45, 2.75) is 26.3 Å². The molecule has 2 fully saturated rings. The highest BCUT2D eigenvalue weighted by Crippen LogP contribution is 2.24. The largest absolute Gasteiger partial charge is 0.382 e. The molecule has 0 saturated carbocycles. The summed E-state index contributed by atoms with van der Waals surface area (Å²) in [5.41, 5.74) is 2.63. The maximum atomic E-state index is 5.76. The SMILES string of the molecule is CCNC(=NCC(c1cccc(C)c1)N1CCOCC1)N1CCC(COCCOC)C1.I. The third-order valence-electron chi connectivity index (χ3n) is 6.03. The molecule has 0 bridgehead atoms. The number of nitrogens with one attached hydrogen (secondary N) is 1. The van der Waals surface area contributed by atoms with Gasteiger partial charge in [0, 0.05) is 45.8 Å². The van der Waals surface area contributed by atoms with E-state index in [4.69, 9.17) is 19.2 Å². The quantitative estimate of drug-likeness (QED) is 0.206. The van der Waals surface area contributed by atoms with Crippen molar-refractivity contribution < 1.29 is 14.2 Å². The first kappa shape index (κ1) is 27.3. The number of methoxy groups -OCH3 is 1. The molecule has 32 heavy (non-hydrogen) atoms. The van der Waals surface area contributed by atoms with E-state index >= 15 is 0 Å². The molecule has 2 aliphatic heterocycles. The fourth-order valence-corrected chi connectivity index (χ4v) is 4.35. The van der Waals surface area contributed by atoms with Gasteiger partial charge in [-0.25, -0.2) is 0 Å². The molecule has 0 aliphatic carbocycles. The molecule has 7 nitrogen and oxygen atoms in total. The predicted octanol–water partition coefficient (Wildman–Crippen LogP) is 2.94. The molecule has 2 atom stereocenters. The Morgan fingerprint density at radius 2 is 2.06 bits per heavy atom. The van der Waals surface area contributed by atoms with Gasteiger partial charge in [0.1, 0.15) is 0 Å². The molecule has 3 rings (SSSR count). The zero-order valence-corrected chi connectivity index (χ0v) is 22.3. The number of ether oxygens (including phenoxy) is 3. The normalized spacial score (nSPS) is 20.8. The lowest BCUT2D eigenvalue weighted by Gasteiger charge is -2.34. The summed E-state index contributed by atoms with van der Waals surface area (Å²) in [6.07, 6.45) is 1.14. The molecule has 2 aliphatic rings. The van der Waals surface area contributed by atoms with Crippen molar-refractivity contribution in [2.75, 3.05) is 79.4 Å². The van der Waals surface area contributed by atoms with Crippen molar-refractivity contribution in [1.29, 1.82) is 0 Å². The number of likely N-dealkylation sites (tertiary alicyclic amines) is 1. The lowest BCUT2D eigenvalue weighted by Crippen LogP contribution is -2.43. The average Bonchev–Trinajstić information content (AvgIpc) is 3.26. The van der Waals surface area contributed by atoms with Crippen LogP contribution in [0.1, 0.15) is 30.5 Å². The molecule has 1 N–H and O–H groups in total. The summed E-state index contributed by atoms with van der Waals surface area (Å²) in [6.45, 7) is 13.5. The Balaban J connectivity index is 0.00000363. The first-order valence-electron chi connectivity index (χ1n) is 11.7. The van der Waals surface area contributed by atoms with Gasteiger partial charge in [0.05, 0.1) is 45.6 Å². The molecule has 2 unspecified atom stereocenters. The molecule has 182 valence electrons. The van der Waals surface area contributed by atoms with Crippen molar-refractivity contribution in [3.05, 3.63) is 35.4 Å². The van der Waals surface area contributed by atoms with Gasteiger partial charge in [-0.2, -0.15) is 0 Å². The number of hydrogen-bond acceptors (Lipinski definition) is 5. The monoisotopic (exact) mass is 560 g/mol. The van der Waals surface area contributed by atoms with Crippen LogP contribution in [0.5, 0.6) is 0 Å². The Morgan fingerprint density at radius 3 is 2.78 bits per heavy atom. The average molecular weight is 561 g/mol. The van der Waals surface area contributed by atoms with Gasteiger partial charge in [-0.3, -0.25) is 9.89 Å². The van der Waals surface area contributed by atoms with E-state index in [0.717, 1.165) is 71.5 Å². The van der Waals surface area contributed by atoms with E-state index in [-0.39, 0.29) is 30.0 Å². The molecule has 2 saturated heterocycles. The van der Waals surface area contributed by atoms with E-state index in [1.165, 1.54) is 11.1 Å². The number of aryl methyl sites for hydroxylation is 1. The summed E-state index contributed by atoms with van der Waals surface area (Å²) < 4.78 is 16.4. The molecule has 1 aromatic rings. The van der Waals surface area contributed by atoms with Crippen LogP contribution in [0.15, 0.2) is 29.3 Å². The van der Waals surface area contributed by atoms with Crippen LogP contribution in [-0.2, 0) is 14.2 Å². The van der Waals surface area contributed by atoms with Gasteiger partial charge in [-0.15, -0.1) is 24.0 Å². The number of nitrogens with zero attached hydrogens (tertiary/aromatic N) is 3. The Morgan fingerprint density at radius 1 is 1.25 bits per heavy atom. The number of rotatable bonds is 10. The first-order valence-corrected chi connectivity index (χ1v) is 11.7. The Hall–Kier alpha value is -0.940. The molecule has 0 aromatic heterocycles. The summed E-state index contributed by atoms with van der Waals surface area (Å²) >= 11 is 0. The van der Waals surface area contributed by atoms with Gasteiger partial charge >= 0.3 is 0 Å². The standard InChI is InChI=1S/C24H40N4O3.HI/c1-4-25-24(28-9-8-21(18-28)19-31-15-14-29-3)26-17-23(27-10-12-30-13-11-27)22-7-5-6-20(2)16-22;/h5-7,16,21,23H,4,8-15,17-19H2,1-3H3,(H,25,26);1H. The van der Waals surface area contributed by atoms with Crippen molar-refractivity contribution in [3.8, 4) is 0 Å². The van der Waals surface area contributed by atoms with Crippen LogP contribution in [0.25, 0.3) is 0 Å². The zero-order valence-electron chi connectivity index (χ0n) is 19.9. The van der Waals surface area contributed by atoms with Crippen molar-refractivity contribution in [3.63, 3.8) is 0 Å². The highest BCUT2D eigenvalue weighted by Gasteiger charge is 2.27. The molecule has 0 spiro atoms. The van der Waals surface area contributed by atoms with E-state index in [1.807, 2.05) is 0 Å². The second kappa shape index (κ2) is 15.1. The molecule has 1 aromatic carbocycles. The number of aliphatic imine (C=N–C) groups is 1. The lowest BCUT2D eigenvalue weighted by molar-refractivity contribution is 0.0179. The first-order chi connectivity index (χ1) is 15.2. The van der Waals surface area contributed by atoms with Crippen molar-refractivity contribution in [1.82, 2.24) is 15.1 Å². The third-order valence-corrected chi connectivity index (χ3v) is 6.03. The summed E-state index contributed by atoms with van der Waals surface area (Å²) in [7, 11) is 1.71. The van der Waals surface area contributed by atoms with Crippen LogP contribution in [0.4, 0.5) is 0 Å². The van der Waals surface area contributed by atoms with Gasteiger partial charge in [-0.05, 0) is 25.8 Å². The highest BCUT2D eigenvalue weighted by atomic mass is 127. The van der Waals surface area contributed by atoms with E-state index in [2.05, 4.69) is 53.2 Å². The van der Waals surface area contributed by atoms with Gasteiger partial charge in [0.15, 0.2) is 5.96 Å². The highest BCUT2D eigenvalue weighted by molar-refractivity contribution is 14.0. The second-order valence-electron chi connectivity index (χ2n) is 8.44. The summed E-state index contributed by atoms with van der Waals surface area (Å²) in [4.78, 5) is 10.0. The number of hydrogen-bond donors (Lipinski definition) is 1. The Bertz CT molecular complexity index is 685. The molecule has 0 amide bonds. The van der Waals surface area contributed by atoms with Crippen LogP contribution in [0, 0.1) is 12.8 Å². The summed E-state index contributed by atoms with van der Waals surface area (Å²) in [6, 6.07) is 9.12. The fraction of sp³-hybridized carbons (Fsp3) is 0.708. The lowest BCUT2D eigenvalue weighted by atomic mass is 10.0. The van der Waals surface area contributed by atoms with Crippen LogP contribution < -0.4 is 5.32 Å². The third kappa shape index (κ3) is 8.44. The van der Waals surface area contributed by atoms with E-state index in [9.17, 15) is 0 Å². The van der Waals surface area contributed by atoms with Crippen molar-refractivity contribution in [2.24, 2.45) is 10.9 Å². The zero-order chi connectivity index (χ0) is 21.9. The Labute approximate surface area is 210 Å². The van der Waals surface area contributed by atoms with Crippen LogP contribution in [-0.4, -0.2) is 95.2 Å². The van der Waals surface area contributed by atoms with Gasteiger partial charge in [0.2, 0.25) is 0 Å². The number of morpholine rings is 1. The van der Waals surface area contributed by atoms with Gasteiger partial charge in [0.25, 0.3) is 0 Å².